The van der Waals surface area contributed by atoms with E-state index in [1.165, 1.54) is 5.56 Å². The highest BCUT2D eigenvalue weighted by Crippen LogP contribution is 2.31. The van der Waals surface area contributed by atoms with Crippen LogP contribution >= 0.6 is 0 Å². The van der Waals surface area contributed by atoms with Gasteiger partial charge in [0.2, 0.25) is 5.91 Å². The van der Waals surface area contributed by atoms with Gasteiger partial charge < -0.3 is 14.7 Å². The van der Waals surface area contributed by atoms with Crippen LogP contribution in [0.4, 0.5) is 0 Å². The first-order valence-electron chi connectivity index (χ1n) is 9.61. The number of aliphatic hydroxyl groups is 1. The Morgan fingerprint density at radius 1 is 1.30 bits per heavy atom. The summed E-state index contributed by atoms with van der Waals surface area (Å²) in [7, 11) is 0. The zero-order valence-electron chi connectivity index (χ0n) is 16.1. The van der Waals surface area contributed by atoms with E-state index in [2.05, 4.69) is 31.0 Å². The van der Waals surface area contributed by atoms with Crippen LogP contribution in [-0.4, -0.2) is 40.6 Å². The molecular weight excluding hydrogens is 340 g/mol. The zero-order chi connectivity index (χ0) is 19.3. The summed E-state index contributed by atoms with van der Waals surface area (Å²) in [5.74, 6) is 1.40. The molecule has 27 heavy (non-hydrogen) atoms. The number of benzene rings is 1. The van der Waals surface area contributed by atoms with Gasteiger partial charge in [0.25, 0.3) is 0 Å². The lowest BCUT2D eigenvalue weighted by Crippen LogP contribution is -2.34. The number of carbonyl (C=O) groups excluding carboxylic acids is 1. The fraction of sp³-hybridized carbons (Fsp3) is 0.455. The molecule has 1 aromatic carbocycles. The van der Waals surface area contributed by atoms with Crippen molar-refractivity contribution in [2.45, 2.75) is 44.6 Å². The maximum Gasteiger partial charge on any atom is 0.222 e. The van der Waals surface area contributed by atoms with Crippen molar-refractivity contribution in [2.75, 3.05) is 19.7 Å². The molecule has 3 rings (SSSR count). The van der Waals surface area contributed by atoms with Gasteiger partial charge in [-0.15, -0.1) is 0 Å². The van der Waals surface area contributed by atoms with Gasteiger partial charge in [-0.25, -0.2) is 0 Å². The van der Waals surface area contributed by atoms with Crippen molar-refractivity contribution in [3.8, 4) is 5.75 Å². The zero-order valence-corrected chi connectivity index (χ0v) is 16.1. The van der Waals surface area contributed by atoms with Crippen molar-refractivity contribution in [1.29, 1.82) is 0 Å². The predicted molar refractivity (Wildman–Crippen MR) is 105 cm³/mol. The maximum absolute atomic E-state index is 12.4. The molecule has 1 saturated heterocycles. The standard InChI is InChI=1S/C22H28N2O3/c1-17(2)18-7-9-20(10-8-18)27-14-4-6-21(25)24-13-11-22(26,16-24)19-5-3-12-23-15-19/h3,5,7-10,12,15,17,26H,4,6,11,13-14,16H2,1-2H3. The summed E-state index contributed by atoms with van der Waals surface area (Å²) in [6, 6.07) is 11.8. The molecule has 144 valence electrons. The Kier molecular flexibility index (Phi) is 6.11. The minimum Gasteiger partial charge on any atom is -0.494 e. The summed E-state index contributed by atoms with van der Waals surface area (Å²) in [4.78, 5) is 18.2. The third kappa shape index (κ3) is 4.86. The number of carbonyl (C=O) groups is 1. The average molecular weight is 368 g/mol. The third-order valence-electron chi connectivity index (χ3n) is 5.15. The monoisotopic (exact) mass is 368 g/mol. The molecule has 5 heteroatoms. The fourth-order valence-corrected chi connectivity index (χ4v) is 3.40. The van der Waals surface area contributed by atoms with Gasteiger partial charge in [-0.1, -0.05) is 32.0 Å². The van der Waals surface area contributed by atoms with Crippen molar-refractivity contribution in [3.05, 3.63) is 59.9 Å². The van der Waals surface area contributed by atoms with E-state index in [0.717, 1.165) is 11.3 Å². The average Bonchev–Trinajstić information content (AvgIpc) is 3.10. The van der Waals surface area contributed by atoms with Crippen LogP contribution < -0.4 is 4.74 Å². The number of rotatable bonds is 7. The van der Waals surface area contributed by atoms with Crippen LogP contribution in [-0.2, 0) is 10.4 Å². The molecule has 1 aliphatic rings. The van der Waals surface area contributed by atoms with E-state index < -0.39 is 5.60 Å². The number of β-amino-alcohol motifs (C(OH)–C–C–N with tert-alkyl or cyclic N) is 1. The summed E-state index contributed by atoms with van der Waals surface area (Å²) in [6.07, 6.45) is 4.98. The smallest absolute Gasteiger partial charge is 0.222 e. The number of ether oxygens (including phenoxy) is 1. The third-order valence-corrected chi connectivity index (χ3v) is 5.15. The van der Waals surface area contributed by atoms with E-state index in [0.29, 0.717) is 44.9 Å². The first-order chi connectivity index (χ1) is 13.0. The predicted octanol–water partition coefficient (Wildman–Crippen LogP) is 3.48. The van der Waals surface area contributed by atoms with Crippen molar-refractivity contribution in [2.24, 2.45) is 0 Å². The molecule has 0 spiro atoms. The molecule has 1 aliphatic heterocycles. The Balaban J connectivity index is 1.42. The first kappa shape index (κ1) is 19.4. The number of likely N-dealkylation sites (tertiary alicyclic amines) is 1. The Hall–Kier alpha value is -2.40. The highest BCUT2D eigenvalue weighted by Gasteiger charge is 2.39. The van der Waals surface area contributed by atoms with E-state index in [9.17, 15) is 9.90 Å². The van der Waals surface area contributed by atoms with Gasteiger partial charge in [0.05, 0.1) is 13.2 Å². The summed E-state index contributed by atoms with van der Waals surface area (Å²) in [5, 5.41) is 10.8. The summed E-state index contributed by atoms with van der Waals surface area (Å²) in [6.45, 7) is 5.73. The van der Waals surface area contributed by atoms with E-state index in [-0.39, 0.29) is 5.91 Å². The summed E-state index contributed by atoms with van der Waals surface area (Å²) in [5.41, 5.74) is 1.07. The normalized spacial score (nSPS) is 19.5. The molecule has 0 radical (unpaired) electrons. The number of hydrogen-bond donors (Lipinski definition) is 1. The molecule has 0 bridgehead atoms. The second-order valence-corrected chi connectivity index (χ2v) is 7.51. The van der Waals surface area contributed by atoms with Crippen LogP contribution in [0.25, 0.3) is 0 Å². The maximum atomic E-state index is 12.4. The SMILES string of the molecule is CC(C)c1ccc(OCCCC(=O)N2CCC(O)(c3cccnc3)C2)cc1. The number of amides is 1. The molecule has 5 nitrogen and oxygen atoms in total. The molecule has 1 atom stereocenters. The van der Waals surface area contributed by atoms with Crippen molar-refractivity contribution >= 4 is 5.91 Å². The van der Waals surface area contributed by atoms with Crippen LogP contribution in [0.3, 0.4) is 0 Å². The molecule has 1 aromatic heterocycles. The highest BCUT2D eigenvalue weighted by molar-refractivity contribution is 5.76. The van der Waals surface area contributed by atoms with Crippen molar-refractivity contribution in [3.63, 3.8) is 0 Å². The van der Waals surface area contributed by atoms with Gasteiger partial charge in [-0.2, -0.15) is 0 Å². The molecule has 2 aromatic rings. The second kappa shape index (κ2) is 8.53. The van der Waals surface area contributed by atoms with Gasteiger partial charge in [0.1, 0.15) is 11.4 Å². The lowest BCUT2D eigenvalue weighted by Gasteiger charge is -2.23. The molecule has 2 heterocycles. The fourth-order valence-electron chi connectivity index (χ4n) is 3.40. The Bertz CT molecular complexity index is 746. The van der Waals surface area contributed by atoms with Gasteiger partial charge in [-0.3, -0.25) is 9.78 Å². The molecule has 1 amide bonds. The van der Waals surface area contributed by atoms with E-state index in [1.807, 2.05) is 24.3 Å². The van der Waals surface area contributed by atoms with Crippen LogP contribution in [0.15, 0.2) is 48.8 Å². The quantitative estimate of drug-likeness (QED) is 0.760. The van der Waals surface area contributed by atoms with Gasteiger partial charge in [0.15, 0.2) is 0 Å². The first-order valence-corrected chi connectivity index (χ1v) is 9.61. The Labute approximate surface area is 161 Å². The Morgan fingerprint density at radius 3 is 2.74 bits per heavy atom. The molecular formula is C22H28N2O3. The second-order valence-electron chi connectivity index (χ2n) is 7.51. The van der Waals surface area contributed by atoms with E-state index >= 15 is 0 Å². The van der Waals surface area contributed by atoms with Gasteiger partial charge in [0, 0.05) is 30.9 Å². The molecule has 1 unspecified atom stereocenters. The van der Waals surface area contributed by atoms with Gasteiger partial charge in [-0.05, 0) is 42.5 Å². The number of hydrogen-bond acceptors (Lipinski definition) is 4. The number of nitrogens with zero attached hydrogens (tertiary/aromatic N) is 2. The van der Waals surface area contributed by atoms with Crippen LogP contribution in [0.1, 0.15) is 50.2 Å². The molecule has 1 N–H and O–H groups in total. The lowest BCUT2D eigenvalue weighted by molar-refractivity contribution is -0.131. The van der Waals surface area contributed by atoms with Crippen LogP contribution in [0, 0.1) is 0 Å². The molecule has 0 saturated carbocycles. The minimum absolute atomic E-state index is 0.0635. The topological polar surface area (TPSA) is 62.7 Å². The Morgan fingerprint density at radius 2 is 2.07 bits per heavy atom. The summed E-state index contributed by atoms with van der Waals surface area (Å²) >= 11 is 0. The molecule has 1 fully saturated rings. The number of aromatic nitrogens is 1. The van der Waals surface area contributed by atoms with Crippen molar-refractivity contribution < 1.29 is 14.6 Å². The lowest BCUT2D eigenvalue weighted by atomic mass is 9.95. The highest BCUT2D eigenvalue weighted by atomic mass is 16.5. The van der Waals surface area contributed by atoms with Crippen molar-refractivity contribution in [1.82, 2.24) is 9.88 Å². The number of pyridine rings is 1. The van der Waals surface area contributed by atoms with Crippen LogP contribution in [0.5, 0.6) is 5.75 Å². The van der Waals surface area contributed by atoms with E-state index in [4.69, 9.17) is 4.74 Å². The van der Waals surface area contributed by atoms with Crippen LogP contribution in [0.2, 0.25) is 0 Å². The largest absolute Gasteiger partial charge is 0.494 e. The van der Waals surface area contributed by atoms with Gasteiger partial charge >= 0.3 is 0 Å². The molecule has 0 aliphatic carbocycles. The van der Waals surface area contributed by atoms with E-state index in [1.54, 1.807) is 17.3 Å². The minimum atomic E-state index is -0.988. The summed E-state index contributed by atoms with van der Waals surface area (Å²) < 4.78 is 5.74.